The summed E-state index contributed by atoms with van der Waals surface area (Å²) < 4.78 is 10.3. The highest BCUT2D eigenvalue weighted by atomic mass is 16.6. The minimum absolute atomic E-state index is 0.132. The SMILES string of the molecule is COC(=O)CC1c2ccccc2CCN1C(=O)OC(C)(C)C. The van der Waals surface area contributed by atoms with Gasteiger partial charge in [-0.05, 0) is 38.3 Å². The van der Waals surface area contributed by atoms with Gasteiger partial charge < -0.3 is 14.4 Å². The maximum absolute atomic E-state index is 12.5. The zero-order valence-corrected chi connectivity index (χ0v) is 13.6. The number of amides is 1. The summed E-state index contributed by atoms with van der Waals surface area (Å²) in [4.78, 5) is 25.8. The molecule has 1 aliphatic rings. The van der Waals surface area contributed by atoms with Gasteiger partial charge in [0.05, 0.1) is 19.6 Å². The first-order valence-electron chi connectivity index (χ1n) is 7.46. The van der Waals surface area contributed by atoms with Crippen molar-refractivity contribution in [3.8, 4) is 0 Å². The van der Waals surface area contributed by atoms with Gasteiger partial charge in [0.15, 0.2) is 0 Å². The summed E-state index contributed by atoms with van der Waals surface area (Å²) >= 11 is 0. The Kier molecular flexibility index (Phi) is 4.74. The van der Waals surface area contributed by atoms with Crippen LogP contribution in [0.25, 0.3) is 0 Å². The Bertz CT molecular complexity index is 562. The molecule has 0 saturated carbocycles. The third-order valence-electron chi connectivity index (χ3n) is 3.63. The lowest BCUT2D eigenvalue weighted by molar-refractivity contribution is -0.142. The zero-order chi connectivity index (χ0) is 16.3. The Labute approximate surface area is 131 Å². The summed E-state index contributed by atoms with van der Waals surface area (Å²) in [7, 11) is 1.36. The minimum Gasteiger partial charge on any atom is -0.469 e. The summed E-state index contributed by atoms with van der Waals surface area (Å²) in [6, 6.07) is 7.54. The second kappa shape index (κ2) is 6.38. The number of hydrogen-bond acceptors (Lipinski definition) is 4. The first-order valence-corrected chi connectivity index (χ1v) is 7.46. The number of nitrogens with zero attached hydrogens (tertiary/aromatic N) is 1. The number of carbonyl (C=O) groups excluding carboxylic acids is 2. The fraction of sp³-hybridized carbons (Fsp3) is 0.529. The molecule has 22 heavy (non-hydrogen) atoms. The van der Waals surface area contributed by atoms with Gasteiger partial charge in [-0.15, -0.1) is 0 Å². The number of esters is 1. The molecule has 1 atom stereocenters. The van der Waals surface area contributed by atoms with Crippen molar-refractivity contribution in [3.63, 3.8) is 0 Å². The van der Waals surface area contributed by atoms with Crippen LogP contribution in [-0.4, -0.2) is 36.2 Å². The number of hydrogen-bond donors (Lipinski definition) is 0. The lowest BCUT2D eigenvalue weighted by Crippen LogP contribution is -2.43. The van der Waals surface area contributed by atoms with Gasteiger partial charge in [0.25, 0.3) is 0 Å². The van der Waals surface area contributed by atoms with Crippen LogP contribution < -0.4 is 0 Å². The number of carbonyl (C=O) groups is 2. The van der Waals surface area contributed by atoms with E-state index in [0.29, 0.717) is 6.54 Å². The van der Waals surface area contributed by atoms with Crippen LogP contribution in [0.2, 0.25) is 0 Å². The van der Waals surface area contributed by atoms with Crippen LogP contribution >= 0.6 is 0 Å². The minimum atomic E-state index is -0.566. The van der Waals surface area contributed by atoms with Gasteiger partial charge in [-0.2, -0.15) is 0 Å². The molecule has 1 unspecified atom stereocenters. The number of rotatable bonds is 2. The quantitative estimate of drug-likeness (QED) is 0.788. The molecule has 5 nitrogen and oxygen atoms in total. The van der Waals surface area contributed by atoms with Crippen molar-refractivity contribution in [1.29, 1.82) is 0 Å². The molecular weight excluding hydrogens is 282 g/mol. The lowest BCUT2D eigenvalue weighted by Gasteiger charge is -2.37. The largest absolute Gasteiger partial charge is 0.469 e. The molecule has 1 aliphatic heterocycles. The molecule has 0 aromatic heterocycles. The number of ether oxygens (including phenoxy) is 2. The number of fused-ring (bicyclic) bond motifs is 1. The third kappa shape index (κ3) is 3.78. The summed E-state index contributed by atoms with van der Waals surface area (Å²) in [5.74, 6) is -0.338. The van der Waals surface area contributed by atoms with Crippen LogP contribution in [0.3, 0.4) is 0 Å². The molecule has 1 aromatic rings. The first kappa shape index (κ1) is 16.3. The van der Waals surface area contributed by atoms with Gasteiger partial charge in [-0.1, -0.05) is 24.3 Å². The Hall–Kier alpha value is -2.04. The van der Waals surface area contributed by atoms with Crippen LogP contribution in [0.5, 0.6) is 0 Å². The van der Waals surface area contributed by atoms with E-state index in [1.165, 1.54) is 7.11 Å². The predicted molar refractivity (Wildman–Crippen MR) is 82.5 cm³/mol. The smallest absolute Gasteiger partial charge is 0.410 e. The molecule has 0 N–H and O–H groups in total. The molecule has 0 radical (unpaired) electrons. The highest BCUT2D eigenvalue weighted by Crippen LogP contribution is 2.33. The second-order valence-corrected chi connectivity index (χ2v) is 6.42. The Morgan fingerprint density at radius 2 is 1.95 bits per heavy atom. The van der Waals surface area contributed by atoms with Gasteiger partial charge in [0.1, 0.15) is 5.60 Å². The molecule has 0 bridgehead atoms. The Morgan fingerprint density at radius 3 is 2.59 bits per heavy atom. The summed E-state index contributed by atoms with van der Waals surface area (Å²) in [6.07, 6.45) is 0.496. The van der Waals surface area contributed by atoms with E-state index in [1.54, 1.807) is 4.90 Å². The maximum Gasteiger partial charge on any atom is 0.410 e. The van der Waals surface area contributed by atoms with E-state index in [9.17, 15) is 9.59 Å². The molecule has 0 aliphatic carbocycles. The monoisotopic (exact) mass is 305 g/mol. The van der Waals surface area contributed by atoms with Gasteiger partial charge >= 0.3 is 12.1 Å². The molecule has 1 amide bonds. The molecule has 5 heteroatoms. The van der Waals surface area contributed by atoms with E-state index in [1.807, 2.05) is 45.0 Å². The van der Waals surface area contributed by atoms with Gasteiger partial charge in [0.2, 0.25) is 0 Å². The summed E-state index contributed by atoms with van der Waals surface area (Å²) in [5, 5.41) is 0. The van der Waals surface area contributed by atoms with Crippen molar-refractivity contribution in [2.45, 2.75) is 45.3 Å². The molecular formula is C17H23NO4. The highest BCUT2D eigenvalue weighted by molar-refractivity contribution is 5.74. The fourth-order valence-electron chi connectivity index (χ4n) is 2.65. The van der Waals surface area contributed by atoms with Crippen molar-refractivity contribution in [3.05, 3.63) is 35.4 Å². The van der Waals surface area contributed by atoms with Crippen LogP contribution in [0.15, 0.2) is 24.3 Å². The molecule has 0 fully saturated rings. The zero-order valence-electron chi connectivity index (χ0n) is 13.6. The Morgan fingerprint density at radius 1 is 1.27 bits per heavy atom. The van der Waals surface area contributed by atoms with Crippen molar-refractivity contribution in [2.75, 3.05) is 13.7 Å². The number of benzene rings is 1. The van der Waals surface area contributed by atoms with Gasteiger partial charge in [0, 0.05) is 6.54 Å². The summed E-state index contributed by atoms with van der Waals surface area (Å²) in [5.41, 5.74) is 1.59. The first-order chi connectivity index (χ1) is 10.3. The van der Waals surface area contributed by atoms with Crippen LogP contribution in [0, 0.1) is 0 Å². The van der Waals surface area contributed by atoms with Crippen LogP contribution in [-0.2, 0) is 20.7 Å². The molecule has 1 aromatic carbocycles. The number of methoxy groups -OCH3 is 1. The van der Waals surface area contributed by atoms with E-state index in [2.05, 4.69) is 0 Å². The van der Waals surface area contributed by atoms with Gasteiger partial charge in [-0.25, -0.2) is 4.79 Å². The Balaban J connectivity index is 2.29. The standard InChI is InChI=1S/C17H23NO4/c1-17(2,3)22-16(20)18-10-9-12-7-5-6-8-13(12)14(18)11-15(19)21-4/h5-8,14H,9-11H2,1-4H3. The van der Waals surface area contributed by atoms with Crippen molar-refractivity contribution < 1.29 is 19.1 Å². The lowest BCUT2D eigenvalue weighted by atomic mass is 9.91. The van der Waals surface area contributed by atoms with E-state index in [4.69, 9.17) is 9.47 Å². The second-order valence-electron chi connectivity index (χ2n) is 6.42. The topological polar surface area (TPSA) is 55.8 Å². The van der Waals surface area contributed by atoms with Gasteiger partial charge in [-0.3, -0.25) is 4.79 Å². The molecule has 120 valence electrons. The summed E-state index contributed by atoms with van der Waals surface area (Å²) in [6.45, 7) is 6.03. The molecule has 0 saturated heterocycles. The highest BCUT2D eigenvalue weighted by Gasteiger charge is 2.34. The van der Waals surface area contributed by atoms with Crippen LogP contribution in [0.1, 0.15) is 44.4 Å². The van der Waals surface area contributed by atoms with E-state index in [-0.39, 0.29) is 18.4 Å². The molecule has 0 spiro atoms. The average Bonchev–Trinajstić information content (AvgIpc) is 2.45. The van der Waals surface area contributed by atoms with E-state index in [0.717, 1.165) is 17.5 Å². The fourth-order valence-corrected chi connectivity index (χ4v) is 2.65. The van der Waals surface area contributed by atoms with Crippen molar-refractivity contribution >= 4 is 12.1 Å². The van der Waals surface area contributed by atoms with Crippen molar-refractivity contribution in [1.82, 2.24) is 4.90 Å². The predicted octanol–water partition coefficient (Wildman–Crippen LogP) is 3.08. The van der Waals surface area contributed by atoms with Crippen molar-refractivity contribution in [2.24, 2.45) is 0 Å². The maximum atomic E-state index is 12.5. The third-order valence-corrected chi connectivity index (χ3v) is 3.63. The molecule has 1 heterocycles. The van der Waals surface area contributed by atoms with Crippen LogP contribution in [0.4, 0.5) is 4.79 Å². The van der Waals surface area contributed by atoms with E-state index >= 15 is 0 Å². The molecule has 2 rings (SSSR count). The normalized spacial score (nSPS) is 17.6. The average molecular weight is 305 g/mol. The van der Waals surface area contributed by atoms with E-state index < -0.39 is 11.7 Å².